The molecule has 28 heavy (non-hydrogen) atoms. The smallest absolute Gasteiger partial charge is 0.225 e. The summed E-state index contributed by atoms with van der Waals surface area (Å²) in [5, 5.41) is 8.53. The predicted octanol–water partition coefficient (Wildman–Crippen LogP) is 5.78. The largest absolute Gasteiger partial charge is 0.323 e. The zero-order chi connectivity index (χ0) is 19.3. The first-order chi connectivity index (χ1) is 13.5. The minimum absolute atomic E-state index is 0.135. The number of benzene rings is 1. The first kappa shape index (κ1) is 18.5. The van der Waals surface area contributed by atoms with Crippen LogP contribution in [0, 0.1) is 23.2 Å². The normalized spacial score (nSPS) is 30.6. The van der Waals surface area contributed by atoms with Gasteiger partial charge < -0.3 is 5.32 Å². The van der Waals surface area contributed by atoms with Crippen LogP contribution in [-0.2, 0) is 11.3 Å². The number of anilines is 1. The maximum Gasteiger partial charge on any atom is 0.225 e. The number of carbonyl (C=O) groups is 1. The van der Waals surface area contributed by atoms with Crippen molar-refractivity contribution in [1.29, 1.82) is 0 Å². The molecule has 0 unspecified atom stereocenters. The third-order valence-electron chi connectivity index (χ3n) is 6.95. The van der Waals surface area contributed by atoms with Crippen LogP contribution in [0.2, 0.25) is 10.0 Å². The van der Waals surface area contributed by atoms with Crippen LogP contribution < -0.4 is 5.32 Å². The maximum absolute atomic E-state index is 12.8. The van der Waals surface area contributed by atoms with Gasteiger partial charge in [-0.1, -0.05) is 29.3 Å². The van der Waals surface area contributed by atoms with Crippen LogP contribution in [0.3, 0.4) is 0 Å². The first-order valence-corrected chi connectivity index (χ1v) is 11.0. The lowest BCUT2D eigenvalue weighted by Crippen LogP contribution is -2.47. The van der Waals surface area contributed by atoms with Crippen LogP contribution in [0.5, 0.6) is 0 Å². The van der Waals surface area contributed by atoms with Crippen molar-refractivity contribution in [2.24, 2.45) is 23.2 Å². The number of amides is 1. The van der Waals surface area contributed by atoms with Gasteiger partial charge in [0.15, 0.2) is 0 Å². The van der Waals surface area contributed by atoms with Crippen molar-refractivity contribution in [2.75, 3.05) is 5.32 Å². The van der Waals surface area contributed by atoms with Gasteiger partial charge in [0.05, 0.1) is 28.5 Å². The maximum atomic E-state index is 12.8. The monoisotopic (exact) mass is 417 g/mol. The summed E-state index contributed by atoms with van der Waals surface area (Å²) in [6, 6.07) is 5.56. The van der Waals surface area contributed by atoms with Crippen LogP contribution in [0.4, 0.5) is 5.69 Å². The molecule has 4 aliphatic rings. The third-order valence-corrected chi connectivity index (χ3v) is 7.69. The highest BCUT2D eigenvalue weighted by molar-refractivity contribution is 6.42. The Morgan fingerprint density at radius 2 is 1.79 bits per heavy atom. The van der Waals surface area contributed by atoms with E-state index < -0.39 is 0 Å². The van der Waals surface area contributed by atoms with E-state index in [0.717, 1.165) is 29.0 Å². The topological polar surface area (TPSA) is 46.9 Å². The van der Waals surface area contributed by atoms with E-state index in [1.165, 1.54) is 38.5 Å². The molecule has 4 saturated carbocycles. The predicted molar refractivity (Wildman–Crippen MR) is 112 cm³/mol. The lowest BCUT2D eigenvalue weighted by Gasteiger charge is -2.56. The fraction of sp³-hybridized carbons (Fsp3) is 0.545. The van der Waals surface area contributed by atoms with E-state index in [2.05, 4.69) is 10.4 Å². The summed E-state index contributed by atoms with van der Waals surface area (Å²) in [4.78, 5) is 12.8. The molecule has 0 spiro atoms. The minimum Gasteiger partial charge on any atom is -0.323 e. The molecule has 0 radical (unpaired) electrons. The van der Waals surface area contributed by atoms with Crippen molar-refractivity contribution >= 4 is 34.8 Å². The second-order valence-corrected chi connectivity index (χ2v) is 10.1. The molecule has 1 N–H and O–H groups in total. The highest BCUT2D eigenvalue weighted by Gasteiger charge is 2.51. The Kier molecular flexibility index (Phi) is 4.67. The molecule has 148 valence electrons. The molecule has 1 heterocycles. The van der Waals surface area contributed by atoms with E-state index in [-0.39, 0.29) is 11.3 Å². The van der Waals surface area contributed by atoms with Crippen LogP contribution >= 0.6 is 23.2 Å². The number of nitrogens with one attached hydrogen (secondary N) is 1. The lowest BCUT2D eigenvalue weighted by atomic mass is 9.49. The molecular weight excluding hydrogens is 393 g/mol. The first-order valence-electron chi connectivity index (χ1n) is 10.2. The zero-order valence-electron chi connectivity index (χ0n) is 15.8. The molecule has 0 aliphatic heterocycles. The molecule has 4 bridgehead atoms. The highest BCUT2D eigenvalue weighted by Crippen LogP contribution is 2.61. The van der Waals surface area contributed by atoms with Crippen molar-refractivity contribution in [2.45, 2.75) is 51.5 Å². The van der Waals surface area contributed by atoms with Gasteiger partial charge in [0.25, 0.3) is 0 Å². The van der Waals surface area contributed by atoms with Crippen molar-refractivity contribution in [3.63, 3.8) is 0 Å². The quantitative estimate of drug-likeness (QED) is 0.669. The zero-order valence-corrected chi connectivity index (χ0v) is 17.3. The Morgan fingerprint density at radius 1 is 1.11 bits per heavy atom. The van der Waals surface area contributed by atoms with Crippen LogP contribution in [0.25, 0.3) is 0 Å². The lowest BCUT2D eigenvalue weighted by molar-refractivity contribution is -0.124. The summed E-state index contributed by atoms with van der Waals surface area (Å²) < 4.78 is 1.81. The van der Waals surface area contributed by atoms with Gasteiger partial charge in [0, 0.05) is 12.6 Å². The molecule has 1 aromatic carbocycles. The molecule has 1 amide bonds. The number of hydrogen-bond acceptors (Lipinski definition) is 2. The van der Waals surface area contributed by atoms with Gasteiger partial charge in [-0.05, 0) is 79.4 Å². The average molecular weight is 418 g/mol. The van der Waals surface area contributed by atoms with Crippen LogP contribution in [0.15, 0.2) is 30.6 Å². The molecule has 2 aromatic rings. The highest BCUT2D eigenvalue weighted by atomic mass is 35.5. The molecular formula is C22H25Cl2N3O. The van der Waals surface area contributed by atoms with Gasteiger partial charge in [-0.25, -0.2) is 0 Å². The van der Waals surface area contributed by atoms with E-state index in [0.29, 0.717) is 23.0 Å². The number of rotatable bonds is 5. The van der Waals surface area contributed by atoms with Gasteiger partial charge in [-0.3, -0.25) is 9.48 Å². The summed E-state index contributed by atoms with van der Waals surface area (Å²) in [7, 11) is 0. The standard InChI is InChI=1S/C22H25Cl2N3O/c23-19-2-1-14(6-20(19)24)12-27-13-18(11-25-27)26-21(28)10-22-7-15-3-16(8-22)5-17(4-15)9-22/h1-2,6,11,13,15-17H,3-5,7-10,12H2,(H,26,28). The Hall–Kier alpha value is -1.52. The van der Waals surface area contributed by atoms with Crippen LogP contribution in [-0.4, -0.2) is 15.7 Å². The minimum atomic E-state index is 0.135. The summed E-state index contributed by atoms with van der Waals surface area (Å²) in [5.41, 5.74) is 2.04. The van der Waals surface area contributed by atoms with E-state index in [1.807, 2.05) is 18.3 Å². The van der Waals surface area contributed by atoms with Gasteiger partial charge in [0.1, 0.15) is 0 Å². The molecule has 6 heteroatoms. The second kappa shape index (κ2) is 7.07. The van der Waals surface area contributed by atoms with E-state index in [4.69, 9.17) is 23.2 Å². The van der Waals surface area contributed by atoms with Crippen LogP contribution in [0.1, 0.15) is 50.5 Å². The van der Waals surface area contributed by atoms with Crippen molar-refractivity contribution in [3.05, 3.63) is 46.2 Å². The van der Waals surface area contributed by atoms with Gasteiger partial charge in [0.2, 0.25) is 5.91 Å². The third kappa shape index (κ3) is 3.69. The molecule has 0 atom stereocenters. The number of aromatic nitrogens is 2. The Labute approximate surface area is 175 Å². The molecule has 4 nitrogen and oxygen atoms in total. The fourth-order valence-corrected chi connectivity index (χ4v) is 6.71. The SMILES string of the molecule is O=C(CC12CC3CC(CC(C3)C1)C2)Nc1cnn(Cc2ccc(Cl)c(Cl)c2)c1. The molecule has 4 fully saturated rings. The van der Waals surface area contributed by atoms with Crippen molar-refractivity contribution in [3.8, 4) is 0 Å². The van der Waals surface area contributed by atoms with E-state index in [1.54, 1.807) is 16.9 Å². The number of carbonyl (C=O) groups excluding carboxylic acids is 1. The number of nitrogens with zero attached hydrogens (tertiary/aromatic N) is 2. The number of hydrogen-bond donors (Lipinski definition) is 1. The number of halogens is 2. The summed E-state index contributed by atoms with van der Waals surface area (Å²) in [6.07, 6.45) is 12.2. The van der Waals surface area contributed by atoms with E-state index >= 15 is 0 Å². The molecule has 1 aromatic heterocycles. The second-order valence-electron chi connectivity index (χ2n) is 9.32. The Balaban J connectivity index is 1.21. The molecule has 4 aliphatic carbocycles. The van der Waals surface area contributed by atoms with E-state index in [9.17, 15) is 4.79 Å². The average Bonchev–Trinajstić information content (AvgIpc) is 3.03. The Morgan fingerprint density at radius 3 is 2.43 bits per heavy atom. The summed E-state index contributed by atoms with van der Waals surface area (Å²) in [6.45, 7) is 0.585. The molecule has 0 saturated heterocycles. The summed E-state index contributed by atoms with van der Waals surface area (Å²) >= 11 is 12.1. The van der Waals surface area contributed by atoms with Crippen molar-refractivity contribution in [1.82, 2.24) is 9.78 Å². The van der Waals surface area contributed by atoms with Gasteiger partial charge in [-0.2, -0.15) is 5.10 Å². The van der Waals surface area contributed by atoms with Crippen molar-refractivity contribution < 1.29 is 4.79 Å². The summed E-state index contributed by atoms with van der Waals surface area (Å²) in [5.74, 6) is 2.74. The molecule has 6 rings (SSSR count). The van der Waals surface area contributed by atoms with Gasteiger partial charge >= 0.3 is 0 Å². The van der Waals surface area contributed by atoms with Gasteiger partial charge in [-0.15, -0.1) is 0 Å². The Bertz CT molecular complexity index is 872. The fourth-order valence-electron chi connectivity index (χ4n) is 6.39.